The van der Waals surface area contributed by atoms with E-state index in [1.54, 1.807) is 0 Å². The topological polar surface area (TPSA) is 141 Å². The number of aromatic amines is 2. The van der Waals surface area contributed by atoms with E-state index < -0.39 is 11.4 Å². The monoisotopic (exact) mass is 249 g/mol. The predicted molar refractivity (Wildman–Crippen MR) is 56.9 cm³/mol. The Morgan fingerprint density at radius 2 is 2.00 bits per heavy atom. The molecule has 15 heavy (non-hydrogen) atoms. The highest BCUT2D eigenvalue weighted by Gasteiger charge is 2.00. The van der Waals surface area contributed by atoms with Crippen LogP contribution in [0.25, 0.3) is 11.2 Å². The second-order valence-electron chi connectivity index (χ2n) is 2.29. The summed E-state index contributed by atoms with van der Waals surface area (Å²) >= 11 is 2.23. The zero-order chi connectivity index (χ0) is 11.4. The average Bonchev–Trinajstić information content (AvgIpc) is 2.46. The number of hydrogen-bond donors (Lipinski definition) is 5. The molecule has 0 bridgehead atoms. The molecule has 0 aliphatic heterocycles. The quantitative estimate of drug-likeness (QED) is 0.333. The Morgan fingerprint density at radius 3 is 2.53 bits per heavy atom. The molecule has 6 N–H and O–H groups in total. The van der Waals surface area contributed by atoms with Crippen molar-refractivity contribution < 1.29 is 13.3 Å². The molecule has 0 saturated carbocycles. The van der Waals surface area contributed by atoms with Crippen LogP contribution in [0.4, 0.5) is 5.82 Å². The highest BCUT2D eigenvalue weighted by atomic mass is 32.2. The lowest BCUT2D eigenvalue weighted by Crippen LogP contribution is -1.91. The largest absolute Gasteiger partial charge is 0.382 e. The average molecular weight is 249 g/mol. The van der Waals surface area contributed by atoms with Crippen LogP contribution in [0.1, 0.15) is 0 Å². The van der Waals surface area contributed by atoms with Crippen LogP contribution in [-0.4, -0.2) is 33.3 Å². The molecule has 0 saturated heterocycles. The van der Waals surface area contributed by atoms with Gasteiger partial charge in [-0.1, -0.05) is 0 Å². The molecule has 0 unspecified atom stereocenters. The van der Waals surface area contributed by atoms with Gasteiger partial charge in [0, 0.05) is 0 Å². The van der Waals surface area contributed by atoms with E-state index in [0.717, 1.165) is 0 Å². The van der Waals surface area contributed by atoms with Gasteiger partial charge < -0.3 is 15.7 Å². The third-order valence-electron chi connectivity index (χ3n) is 1.35. The Hall–Kier alpha value is -1.36. The summed E-state index contributed by atoms with van der Waals surface area (Å²) in [6.07, 6.45) is 1.39. The van der Waals surface area contributed by atoms with Gasteiger partial charge in [-0.05, 0) is 12.2 Å². The molecular weight excluding hydrogens is 242 g/mol. The molecule has 2 aromatic heterocycles. The van der Waals surface area contributed by atoms with Gasteiger partial charge in [-0.25, -0.2) is 9.97 Å². The first-order valence-electron chi connectivity index (χ1n) is 3.49. The molecule has 0 amide bonds. The number of nitrogen functional groups attached to an aromatic ring is 1. The second kappa shape index (κ2) is 4.93. The second-order valence-corrected chi connectivity index (χ2v) is 3.16. The van der Waals surface area contributed by atoms with Crippen LogP contribution in [0.5, 0.6) is 0 Å². The number of hydrogen-bond acceptors (Lipinski definition) is 5. The van der Waals surface area contributed by atoms with E-state index in [0.29, 0.717) is 21.8 Å². The number of anilines is 1. The van der Waals surface area contributed by atoms with E-state index in [2.05, 4.69) is 19.9 Å². The fourth-order valence-electron chi connectivity index (χ4n) is 0.870. The zero-order valence-corrected chi connectivity index (χ0v) is 8.80. The number of aromatic nitrogens is 4. The Bertz CT molecular complexity index is 531. The van der Waals surface area contributed by atoms with Crippen LogP contribution < -0.4 is 5.73 Å². The van der Waals surface area contributed by atoms with Crippen molar-refractivity contribution in [1.29, 1.82) is 0 Å². The summed E-state index contributed by atoms with van der Waals surface area (Å²) in [7, 11) is 0. The van der Waals surface area contributed by atoms with E-state index in [1.807, 2.05) is 0 Å². The number of nitrogens with one attached hydrogen (secondary N) is 2. The first-order chi connectivity index (χ1) is 7.00. The van der Waals surface area contributed by atoms with Crippen LogP contribution in [0.2, 0.25) is 0 Å². The molecule has 0 aliphatic rings. The molecule has 0 fully saturated rings. The summed E-state index contributed by atoms with van der Waals surface area (Å²) in [4.78, 5) is 13.4. The minimum atomic E-state index is -2.61. The molecule has 2 heterocycles. The maximum atomic E-state index is 8.67. The maximum Gasteiger partial charge on any atom is 0.299 e. The van der Waals surface area contributed by atoms with Crippen molar-refractivity contribution in [3.63, 3.8) is 0 Å². The standard InChI is InChI=1S/C5H5N5S.H2O3S/c6-3-2-4(8-1-7-3)10-5(11)9-2;1-4(2)3/h1H,(H4,6,7,8,9,10,11);(H2,1,2,3). The summed E-state index contributed by atoms with van der Waals surface area (Å²) < 4.78 is 23.3. The lowest BCUT2D eigenvalue weighted by molar-refractivity contribution is 0.454. The van der Waals surface area contributed by atoms with E-state index in [1.165, 1.54) is 6.33 Å². The summed E-state index contributed by atoms with van der Waals surface area (Å²) in [6.45, 7) is 0. The van der Waals surface area contributed by atoms with Crippen molar-refractivity contribution in [1.82, 2.24) is 19.9 Å². The van der Waals surface area contributed by atoms with E-state index in [9.17, 15) is 0 Å². The first-order valence-corrected chi connectivity index (χ1v) is 4.96. The van der Waals surface area contributed by atoms with Gasteiger partial charge in [-0.15, -0.1) is 0 Å². The Morgan fingerprint density at radius 1 is 1.40 bits per heavy atom. The molecule has 0 aromatic carbocycles. The lowest BCUT2D eigenvalue weighted by Gasteiger charge is -1.89. The maximum absolute atomic E-state index is 8.67. The molecule has 0 spiro atoms. The predicted octanol–water partition coefficient (Wildman–Crippen LogP) is 0.279. The van der Waals surface area contributed by atoms with Crippen molar-refractivity contribution in [3.05, 3.63) is 11.1 Å². The van der Waals surface area contributed by atoms with Gasteiger partial charge in [-0.2, -0.15) is 4.21 Å². The van der Waals surface area contributed by atoms with Gasteiger partial charge in [0.1, 0.15) is 11.8 Å². The normalized spacial score (nSPS) is 10.1. The van der Waals surface area contributed by atoms with Crippen molar-refractivity contribution in [2.45, 2.75) is 0 Å². The summed E-state index contributed by atoms with van der Waals surface area (Å²) in [6, 6.07) is 0. The summed E-state index contributed by atoms with van der Waals surface area (Å²) in [5, 5.41) is 0. The first kappa shape index (κ1) is 11.7. The zero-order valence-electron chi connectivity index (χ0n) is 7.17. The Balaban J connectivity index is 0.000000245. The Labute approximate surface area is 91.1 Å². The smallest absolute Gasteiger partial charge is 0.299 e. The van der Waals surface area contributed by atoms with E-state index >= 15 is 0 Å². The number of fused-ring (bicyclic) bond motifs is 1. The van der Waals surface area contributed by atoms with E-state index in [-0.39, 0.29) is 0 Å². The van der Waals surface area contributed by atoms with Gasteiger partial charge in [0.2, 0.25) is 0 Å². The minimum absolute atomic E-state index is 0.405. The van der Waals surface area contributed by atoms with Crippen molar-refractivity contribution in [2.24, 2.45) is 0 Å². The van der Waals surface area contributed by atoms with Crippen LogP contribution in [-0.2, 0) is 11.4 Å². The SMILES string of the molecule is Nc1ncnc2[nH]c(=S)[nH]c12.O=S(O)O. The van der Waals surface area contributed by atoms with Crippen LogP contribution >= 0.6 is 12.2 Å². The van der Waals surface area contributed by atoms with Gasteiger partial charge in [0.15, 0.2) is 16.2 Å². The fraction of sp³-hybridized carbons (Fsp3) is 0. The summed E-state index contributed by atoms with van der Waals surface area (Å²) in [5.41, 5.74) is 6.83. The van der Waals surface area contributed by atoms with Gasteiger partial charge >= 0.3 is 0 Å². The molecule has 82 valence electrons. The number of rotatable bonds is 0. The third-order valence-corrected chi connectivity index (χ3v) is 1.55. The van der Waals surface area contributed by atoms with Gasteiger partial charge in [0.05, 0.1) is 0 Å². The van der Waals surface area contributed by atoms with Gasteiger partial charge in [-0.3, -0.25) is 9.11 Å². The summed E-state index contributed by atoms with van der Waals surface area (Å²) in [5.74, 6) is 0.405. The molecule has 0 aliphatic carbocycles. The highest BCUT2D eigenvalue weighted by Crippen LogP contribution is 2.10. The molecule has 0 atom stereocenters. The number of nitrogens with zero attached hydrogens (tertiary/aromatic N) is 2. The van der Waals surface area contributed by atoms with Crippen LogP contribution in [0.3, 0.4) is 0 Å². The number of imidazole rings is 1. The van der Waals surface area contributed by atoms with Crippen molar-refractivity contribution in [3.8, 4) is 0 Å². The van der Waals surface area contributed by atoms with Crippen molar-refractivity contribution >= 4 is 40.6 Å². The number of nitrogens with two attached hydrogens (primary N) is 1. The van der Waals surface area contributed by atoms with Crippen LogP contribution in [0, 0.1) is 4.77 Å². The fourth-order valence-corrected chi connectivity index (χ4v) is 1.07. The van der Waals surface area contributed by atoms with Crippen molar-refractivity contribution in [2.75, 3.05) is 5.73 Å². The minimum Gasteiger partial charge on any atom is -0.382 e. The van der Waals surface area contributed by atoms with Gasteiger partial charge in [0.25, 0.3) is 11.4 Å². The molecule has 2 aromatic rings. The molecular formula is C5H7N5O3S2. The van der Waals surface area contributed by atoms with E-state index in [4.69, 9.17) is 31.3 Å². The Kier molecular flexibility index (Phi) is 3.85. The molecule has 0 radical (unpaired) electrons. The molecule has 2 rings (SSSR count). The lowest BCUT2D eigenvalue weighted by atomic mass is 10.5. The molecule has 8 nitrogen and oxygen atoms in total. The van der Waals surface area contributed by atoms with Crippen LogP contribution in [0.15, 0.2) is 6.33 Å². The third kappa shape index (κ3) is 3.36. The number of H-pyrrole nitrogens is 2. The molecule has 10 heteroatoms. The highest BCUT2D eigenvalue weighted by molar-refractivity contribution is 7.73.